The van der Waals surface area contributed by atoms with Crippen molar-refractivity contribution in [2.75, 3.05) is 0 Å². The molecule has 12 heavy (non-hydrogen) atoms. The molecule has 1 rings (SSSR count). The second-order valence-corrected chi connectivity index (χ2v) is 3.83. The van der Waals surface area contributed by atoms with Crippen LogP contribution in [-0.4, -0.2) is 4.98 Å². The molecule has 0 saturated carbocycles. The van der Waals surface area contributed by atoms with E-state index in [4.69, 9.17) is 0 Å². The van der Waals surface area contributed by atoms with Crippen molar-refractivity contribution in [2.45, 2.75) is 46.0 Å². The van der Waals surface area contributed by atoms with Crippen LogP contribution in [0.4, 0.5) is 0 Å². The van der Waals surface area contributed by atoms with Gasteiger partial charge in [0.15, 0.2) is 0 Å². The molecule has 0 aliphatic heterocycles. The van der Waals surface area contributed by atoms with Crippen molar-refractivity contribution in [3.63, 3.8) is 0 Å². The molecule has 0 aromatic carbocycles. The van der Waals surface area contributed by atoms with Crippen molar-refractivity contribution in [3.05, 3.63) is 23.5 Å². The molecule has 0 saturated heterocycles. The number of aromatic nitrogens is 1. The highest BCUT2D eigenvalue weighted by Gasteiger charge is 2.06. The van der Waals surface area contributed by atoms with E-state index < -0.39 is 0 Å². The third kappa shape index (κ3) is 1.90. The largest absolute Gasteiger partial charge is 0.362 e. The van der Waals surface area contributed by atoms with Crippen molar-refractivity contribution in [1.82, 2.24) is 4.98 Å². The highest BCUT2D eigenvalue weighted by atomic mass is 14.7. The Morgan fingerprint density at radius 3 is 2.17 bits per heavy atom. The van der Waals surface area contributed by atoms with Crippen molar-refractivity contribution < 1.29 is 0 Å². The van der Waals surface area contributed by atoms with Crippen LogP contribution in [-0.2, 0) is 0 Å². The van der Waals surface area contributed by atoms with Gasteiger partial charge in [0.05, 0.1) is 0 Å². The maximum Gasteiger partial charge on any atom is 0.0177 e. The molecule has 1 heterocycles. The van der Waals surface area contributed by atoms with E-state index in [0.717, 1.165) is 0 Å². The van der Waals surface area contributed by atoms with Crippen LogP contribution in [0.25, 0.3) is 0 Å². The SMILES string of the molecule is CC[C@@H](C)c1ccc(C(C)C)[nH]1. The van der Waals surface area contributed by atoms with Gasteiger partial charge in [0, 0.05) is 11.4 Å². The zero-order chi connectivity index (χ0) is 9.14. The molecule has 1 aromatic rings. The minimum atomic E-state index is 0.614. The summed E-state index contributed by atoms with van der Waals surface area (Å²) in [7, 11) is 0. The molecule has 1 atom stereocenters. The lowest BCUT2D eigenvalue weighted by molar-refractivity contribution is 0.703. The van der Waals surface area contributed by atoms with Crippen LogP contribution in [0.1, 0.15) is 57.3 Å². The Morgan fingerprint density at radius 1 is 1.17 bits per heavy atom. The first kappa shape index (κ1) is 9.37. The quantitative estimate of drug-likeness (QED) is 0.703. The minimum absolute atomic E-state index is 0.614. The van der Waals surface area contributed by atoms with E-state index in [1.54, 1.807) is 0 Å². The van der Waals surface area contributed by atoms with Gasteiger partial charge in [0.2, 0.25) is 0 Å². The van der Waals surface area contributed by atoms with E-state index in [0.29, 0.717) is 11.8 Å². The number of aromatic amines is 1. The predicted octanol–water partition coefficient (Wildman–Crippen LogP) is 3.65. The lowest BCUT2D eigenvalue weighted by atomic mass is 10.1. The van der Waals surface area contributed by atoms with E-state index in [9.17, 15) is 0 Å². The summed E-state index contributed by atoms with van der Waals surface area (Å²) >= 11 is 0. The summed E-state index contributed by atoms with van der Waals surface area (Å²) in [6.45, 7) is 8.91. The van der Waals surface area contributed by atoms with E-state index in [2.05, 4.69) is 44.8 Å². The Balaban J connectivity index is 2.77. The Morgan fingerprint density at radius 2 is 1.75 bits per heavy atom. The van der Waals surface area contributed by atoms with Gasteiger partial charge in [-0.2, -0.15) is 0 Å². The summed E-state index contributed by atoms with van der Waals surface area (Å²) in [5.74, 6) is 1.28. The highest BCUT2D eigenvalue weighted by Crippen LogP contribution is 2.20. The molecule has 0 bridgehead atoms. The summed E-state index contributed by atoms with van der Waals surface area (Å²) < 4.78 is 0. The summed E-state index contributed by atoms with van der Waals surface area (Å²) in [5.41, 5.74) is 2.73. The van der Waals surface area contributed by atoms with Crippen molar-refractivity contribution in [1.29, 1.82) is 0 Å². The molecule has 1 heteroatoms. The number of hydrogen-bond donors (Lipinski definition) is 1. The fraction of sp³-hybridized carbons (Fsp3) is 0.636. The smallest absolute Gasteiger partial charge is 0.0177 e. The average Bonchev–Trinajstić information content (AvgIpc) is 2.51. The molecule has 1 aromatic heterocycles. The summed E-state index contributed by atoms with van der Waals surface area (Å²) in [4.78, 5) is 3.46. The molecule has 0 fully saturated rings. The Bertz CT molecular complexity index is 235. The molecule has 0 radical (unpaired) electrons. The van der Waals surface area contributed by atoms with Gasteiger partial charge in [-0.25, -0.2) is 0 Å². The van der Waals surface area contributed by atoms with Gasteiger partial charge in [0.25, 0.3) is 0 Å². The topological polar surface area (TPSA) is 15.8 Å². The van der Waals surface area contributed by atoms with Crippen LogP contribution in [0.3, 0.4) is 0 Å². The highest BCUT2D eigenvalue weighted by molar-refractivity contribution is 5.18. The molecule has 1 nitrogen and oxygen atoms in total. The van der Waals surface area contributed by atoms with Crippen LogP contribution < -0.4 is 0 Å². The van der Waals surface area contributed by atoms with Crippen LogP contribution in [0.15, 0.2) is 12.1 Å². The van der Waals surface area contributed by atoms with Crippen molar-refractivity contribution in [3.8, 4) is 0 Å². The summed E-state index contributed by atoms with van der Waals surface area (Å²) in [5, 5.41) is 0. The Kier molecular flexibility index (Phi) is 2.96. The number of H-pyrrole nitrogens is 1. The first-order valence-corrected chi connectivity index (χ1v) is 4.84. The number of nitrogens with one attached hydrogen (secondary N) is 1. The molecule has 0 aliphatic rings. The van der Waals surface area contributed by atoms with Crippen LogP contribution in [0, 0.1) is 0 Å². The first-order valence-electron chi connectivity index (χ1n) is 4.84. The number of rotatable bonds is 3. The first-order chi connectivity index (χ1) is 5.65. The third-order valence-electron chi connectivity index (χ3n) is 2.50. The molecular formula is C11H19N. The van der Waals surface area contributed by atoms with Gasteiger partial charge >= 0.3 is 0 Å². The Labute approximate surface area is 75.2 Å². The fourth-order valence-electron chi connectivity index (χ4n) is 1.27. The molecule has 0 spiro atoms. The predicted molar refractivity (Wildman–Crippen MR) is 53.6 cm³/mol. The molecule has 68 valence electrons. The molecule has 0 amide bonds. The Hall–Kier alpha value is -0.720. The zero-order valence-corrected chi connectivity index (χ0v) is 8.52. The van der Waals surface area contributed by atoms with Gasteiger partial charge in [0.1, 0.15) is 0 Å². The van der Waals surface area contributed by atoms with Gasteiger partial charge in [-0.3, -0.25) is 0 Å². The fourth-order valence-corrected chi connectivity index (χ4v) is 1.27. The lowest BCUT2D eigenvalue weighted by Gasteiger charge is -2.06. The van der Waals surface area contributed by atoms with Crippen molar-refractivity contribution in [2.24, 2.45) is 0 Å². The normalized spacial score (nSPS) is 13.8. The summed E-state index contributed by atoms with van der Waals surface area (Å²) in [6.07, 6.45) is 1.21. The molecular weight excluding hydrogens is 146 g/mol. The van der Waals surface area contributed by atoms with E-state index in [1.807, 2.05) is 0 Å². The molecule has 0 unspecified atom stereocenters. The third-order valence-corrected chi connectivity index (χ3v) is 2.50. The van der Waals surface area contributed by atoms with Gasteiger partial charge in [-0.15, -0.1) is 0 Å². The zero-order valence-electron chi connectivity index (χ0n) is 8.52. The van der Waals surface area contributed by atoms with Gasteiger partial charge in [-0.05, 0) is 30.4 Å². The second-order valence-electron chi connectivity index (χ2n) is 3.83. The van der Waals surface area contributed by atoms with Crippen LogP contribution >= 0.6 is 0 Å². The standard InChI is InChI=1S/C11H19N/c1-5-9(4)11-7-6-10(12-11)8(2)3/h6-9,12H,5H2,1-4H3/t9-/m1/s1. The second kappa shape index (κ2) is 3.79. The van der Waals surface area contributed by atoms with Gasteiger partial charge < -0.3 is 4.98 Å². The van der Waals surface area contributed by atoms with E-state index >= 15 is 0 Å². The van der Waals surface area contributed by atoms with Crippen LogP contribution in [0.2, 0.25) is 0 Å². The average molecular weight is 165 g/mol. The maximum atomic E-state index is 3.46. The molecule has 0 aliphatic carbocycles. The van der Waals surface area contributed by atoms with E-state index in [-0.39, 0.29) is 0 Å². The lowest BCUT2D eigenvalue weighted by Crippen LogP contribution is -1.93. The molecule has 1 N–H and O–H groups in total. The minimum Gasteiger partial charge on any atom is -0.362 e. The maximum absolute atomic E-state index is 3.46. The number of hydrogen-bond acceptors (Lipinski definition) is 0. The monoisotopic (exact) mass is 165 g/mol. The van der Waals surface area contributed by atoms with Gasteiger partial charge in [-0.1, -0.05) is 27.7 Å². The van der Waals surface area contributed by atoms with Crippen molar-refractivity contribution >= 4 is 0 Å². The van der Waals surface area contributed by atoms with E-state index in [1.165, 1.54) is 17.8 Å². The summed E-state index contributed by atoms with van der Waals surface area (Å²) in [6, 6.07) is 4.41. The van der Waals surface area contributed by atoms with Crippen LogP contribution in [0.5, 0.6) is 0 Å².